The first-order valence-corrected chi connectivity index (χ1v) is 8.38. The van der Waals surface area contributed by atoms with E-state index >= 15 is 0 Å². The molecular weight excluding hydrogens is 337 g/mol. The molecule has 0 aliphatic heterocycles. The van der Waals surface area contributed by atoms with Gasteiger partial charge in [0, 0.05) is 19.8 Å². The molecule has 4 nitrogen and oxygen atoms in total. The second kappa shape index (κ2) is 13.7. The summed E-state index contributed by atoms with van der Waals surface area (Å²) >= 11 is 6.23. The van der Waals surface area contributed by atoms with Crippen LogP contribution in [0.15, 0.2) is 12.1 Å². The average molecular weight is 366 g/mol. The Kier molecular flexibility index (Phi) is 13.3. The van der Waals surface area contributed by atoms with Crippen molar-refractivity contribution in [1.29, 1.82) is 0 Å². The van der Waals surface area contributed by atoms with Crippen LogP contribution in [0, 0.1) is 0 Å². The highest BCUT2D eigenvalue weighted by molar-refractivity contribution is 6.32. The first kappa shape index (κ1) is 22.3. The zero-order valence-corrected chi connectivity index (χ0v) is 15.9. The van der Waals surface area contributed by atoms with Crippen LogP contribution in [-0.2, 0) is 11.3 Å². The summed E-state index contributed by atoms with van der Waals surface area (Å²) < 4.78 is 16.4. The first-order chi connectivity index (χ1) is 10.7. The van der Waals surface area contributed by atoms with Gasteiger partial charge in [-0.3, -0.25) is 0 Å². The lowest BCUT2D eigenvalue weighted by Gasteiger charge is -2.13. The number of rotatable bonds is 12. The fourth-order valence-electron chi connectivity index (χ4n) is 2.06. The van der Waals surface area contributed by atoms with Gasteiger partial charge in [-0.1, -0.05) is 24.9 Å². The molecule has 1 aromatic rings. The summed E-state index contributed by atoms with van der Waals surface area (Å²) in [6, 6.07) is 3.88. The molecule has 23 heavy (non-hydrogen) atoms. The fourth-order valence-corrected chi connectivity index (χ4v) is 2.38. The third kappa shape index (κ3) is 8.66. The van der Waals surface area contributed by atoms with E-state index in [-0.39, 0.29) is 12.4 Å². The normalized spacial score (nSPS) is 10.3. The molecule has 0 aliphatic carbocycles. The number of nitrogens with one attached hydrogen (secondary N) is 1. The minimum Gasteiger partial charge on any atom is -0.491 e. The van der Waals surface area contributed by atoms with Crippen LogP contribution in [0.25, 0.3) is 0 Å². The van der Waals surface area contributed by atoms with E-state index in [1.807, 2.05) is 19.1 Å². The van der Waals surface area contributed by atoms with E-state index in [1.54, 1.807) is 7.11 Å². The number of methoxy groups -OCH3 is 1. The van der Waals surface area contributed by atoms with Crippen molar-refractivity contribution in [3.63, 3.8) is 0 Å². The molecule has 1 N–H and O–H groups in total. The number of hydrogen-bond donors (Lipinski definition) is 1. The minimum absolute atomic E-state index is 0. The third-order valence-electron chi connectivity index (χ3n) is 3.19. The van der Waals surface area contributed by atoms with Crippen molar-refractivity contribution in [2.45, 2.75) is 39.7 Å². The van der Waals surface area contributed by atoms with Crippen molar-refractivity contribution in [3.05, 3.63) is 22.7 Å². The number of hydrogen-bond acceptors (Lipinski definition) is 4. The van der Waals surface area contributed by atoms with Gasteiger partial charge in [-0.05, 0) is 44.0 Å². The summed E-state index contributed by atoms with van der Waals surface area (Å²) in [4.78, 5) is 0. The van der Waals surface area contributed by atoms with Gasteiger partial charge in [0.15, 0.2) is 11.5 Å². The first-order valence-electron chi connectivity index (χ1n) is 8.00. The van der Waals surface area contributed by atoms with Crippen LogP contribution in [0.1, 0.15) is 38.7 Å². The predicted octanol–water partition coefficient (Wildman–Crippen LogP) is 4.47. The number of halogens is 2. The van der Waals surface area contributed by atoms with Crippen LogP contribution in [0.3, 0.4) is 0 Å². The molecule has 1 rings (SSSR count). The Morgan fingerprint density at radius 2 is 1.87 bits per heavy atom. The van der Waals surface area contributed by atoms with Gasteiger partial charge >= 0.3 is 0 Å². The zero-order chi connectivity index (χ0) is 16.2. The van der Waals surface area contributed by atoms with Crippen LogP contribution < -0.4 is 14.8 Å². The molecule has 0 spiro atoms. The van der Waals surface area contributed by atoms with Crippen LogP contribution in [0.5, 0.6) is 11.5 Å². The maximum Gasteiger partial charge on any atom is 0.179 e. The highest BCUT2D eigenvalue weighted by Crippen LogP contribution is 2.36. The summed E-state index contributed by atoms with van der Waals surface area (Å²) in [7, 11) is 1.60. The van der Waals surface area contributed by atoms with E-state index in [4.69, 9.17) is 25.8 Å². The lowest BCUT2D eigenvalue weighted by molar-refractivity contribution is 0.129. The predicted molar refractivity (Wildman–Crippen MR) is 98.5 cm³/mol. The van der Waals surface area contributed by atoms with Crippen molar-refractivity contribution in [2.24, 2.45) is 0 Å². The Labute approximate surface area is 151 Å². The summed E-state index contributed by atoms with van der Waals surface area (Å²) in [6.07, 6.45) is 3.32. The Balaban J connectivity index is 0.00000484. The van der Waals surface area contributed by atoms with Gasteiger partial charge < -0.3 is 19.5 Å². The second-order valence-corrected chi connectivity index (χ2v) is 5.45. The molecule has 0 radical (unpaired) electrons. The molecule has 0 aromatic heterocycles. The molecule has 134 valence electrons. The highest BCUT2D eigenvalue weighted by atomic mass is 35.5. The van der Waals surface area contributed by atoms with Crippen LogP contribution in [0.2, 0.25) is 5.02 Å². The molecule has 0 fully saturated rings. The Hall–Kier alpha value is -0.680. The summed E-state index contributed by atoms with van der Waals surface area (Å²) in [5.41, 5.74) is 1.08. The molecule has 6 heteroatoms. The Morgan fingerprint density at radius 1 is 1.13 bits per heavy atom. The van der Waals surface area contributed by atoms with Gasteiger partial charge in [0.1, 0.15) is 0 Å². The van der Waals surface area contributed by atoms with E-state index in [9.17, 15) is 0 Å². The van der Waals surface area contributed by atoms with Crippen LogP contribution >= 0.6 is 24.0 Å². The summed E-state index contributed by atoms with van der Waals surface area (Å²) in [6.45, 7) is 8.03. The molecule has 0 unspecified atom stereocenters. The van der Waals surface area contributed by atoms with Crippen molar-refractivity contribution in [3.8, 4) is 11.5 Å². The van der Waals surface area contributed by atoms with Crippen molar-refractivity contribution >= 4 is 24.0 Å². The van der Waals surface area contributed by atoms with E-state index in [2.05, 4.69) is 12.2 Å². The summed E-state index contributed by atoms with van der Waals surface area (Å²) in [5.74, 6) is 1.29. The largest absolute Gasteiger partial charge is 0.491 e. The molecule has 0 atom stereocenters. The van der Waals surface area contributed by atoms with Gasteiger partial charge in [0.05, 0.1) is 18.7 Å². The topological polar surface area (TPSA) is 39.7 Å². The molecule has 0 amide bonds. The van der Waals surface area contributed by atoms with Crippen molar-refractivity contribution in [2.75, 3.05) is 33.5 Å². The molecule has 0 aliphatic rings. The monoisotopic (exact) mass is 365 g/mol. The molecule has 0 heterocycles. The van der Waals surface area contributed by atoms with Gasteiger partial charge in [0.25, 0.3) is 0 Å². The van der Waals surface area contributed by atoms with Crippen molar-refractivity contribution < 1.29 is 14.2 Å². The molecule has 0 saturated heterocycles. The van der Waals surface area contributed by atoms with Gasteiger partial charge in [-0.25, -0.2) is 0 Å². The quantitative estimate of drug-likeness (QED) is 0.554. The third-order valence-corrected chi connectivity index (χ3v) is 3.47. The molecular formula is C17H29Cl2NO3. The molecule has 0 saturated carbocycles. The highest BCUT2D eigenvalue weighted by Gasteiger charge is 2.11. The van der Waals surface area contributed by atoms with E-state index in [1.165, 1.54) is 6.42 Å². The smallest absolute Gasteiger partial charge is 0.179 e. The van der Waals surface area contributed by atoms with Crippen molar-refractivity contribution in [1.82, 2.24) is 5.32 Å². The number of ether oxygens (including phenoxy) is 3. The Bertz CT molecular complexity index is 431. The van der Waals surface area contributed by atoms with Crippen LogP contribution in [-0.4, -0.2) is 33.5 Å². The fraction of sp³-hybridized carbons (Fsp3) is 0.647. The number of unbranched alkanes of at least 4 members (excludes halogenated alkanes) is 1. The van der Waals surface area contributed by atoms with Gasteiger partial charge in [0.2, 0.25) is 0 Å². The standard InChI is InChI=1S/C17H28ClNO3.ClH/c1-4-6-9-21-10-7-8-19-13-14-11-15(18)17(20-3)16(12-14)22-5-2;/h11-12,19H,4-10,13H2,1-3H3;1H. The lowest BCUT2D eigenvalue weighted by atomic mass is 10.2. The molecule has 1 aromatic carbocycles. The second-order valence-electron chi connectivity index (χ2n) is 5.04. The van der Waals surface area contributed by atoms with E-state index < -0.39 is 0 Å². The van der Waals surface area contributed by atoms with Gasteiger partial charge in [-0.2, -0.15) is 0 Å². The van der Waals surface area contributed by atoms with Gasteiger partial charge in [-0.15, -0.1) is 12.4 Å². The van der Waals surface area contributed by atoms with E-state index in [0.717, 1.165) is 44.7 Å². The maximum absolute atomic E-state index is 6.23. The number of benzene rings is 1. The van der Waals surface area contributed by atoms with E-state index in [0.29, 0.717) is 23.1 Å². The maximum atomic E-state index is 6.23. The molecule has 0 bridgehead atoms. The Morgan fingerprint density at radius 3 is 2.52 bits per heavy atom. The zero-order valence-electron chi connectivity index (χ0n) is 14.3. The SMILES string of the molecule is CCCCOCCCNCc1cc(Cl)c(OC)c(OCC)c1.Cl. The summed E-state index contributed by atoms with van der Waals surface area (Å²) in [5, 5.41) is 3.97. The lowest BCUT2D eigenvalue weighted by Crippen LogP contribution is -2.16. The van der Waals surface area contributed by atoms with Crippen LogP contribution in [0.4, 0.5) is 0 Å². The minimum atomic E-state index is 0. The average Bonchev–Trinajstić information content (AvgIpc) is 2.50.